The molecule has 0 saturated heterocycles. The molecule has 0 aromatic heterocycles. The second kappa shape index (κ2) is 6.68. The van der Waals surface area contributed by atoms with Gasteiger partial charge < -0.3 is 11.1 Å². The van der Waals surface area contributed by atoms with Gasteiger partial charge in [-0.1, -0.05) is 12.1 Å². The molecular weight excluding hydrogens is 280 g/mol. The highest BCUT2D eigenvalue weighted by molar-refractivity contribution is 8.00. The van der Waals surface area contributed by atoms with Gasteiger partial charge in [-0.25, -0.2) is 0 Å². The van der Waals surface area contributed by atoms with Gasteiger partial charge in [-0.15, -0.1) is 11.8 Å². The van der Waals surface area contributed by atoms with Crippen molar-refractivity contribution < 1.29 is 4.79 Å². The van der Waals surface area contributed by atoms with Crippen LogP contribution in [-0.2, 0) is 4.79 Å². The number of nitrogen functional groups attached to an aromatic ring is 1. The Bertz CT molecular complexity index is 668. The van der Waals surface area contributed by atoms with E-state index in [1.807, 2.05) is 57.2 Å². The molecule has 3 N–H and O–H groups in total. The van der Waals surface area contributed by atoms with Gasteiger partial charge in [-0.05, 0) is 61.7 Å². The Morgan fingerprint density at radius 2 is 1.86 bits per heavy atom. The largest absolute Gasteiger partial charge is 0.399 e. The van der Waals surface area contributed by atoms with Crippen LogP contribution in [0.4, 0.5) is 11.4 Å². The van der Waals surface area contributed by atoms with Crippen molar-refractivity contribution in [1.82, 2.24) is 0 Å². The summed E-state index contributed by atoms with van der Waals surface area (Å²) >= 11 is 1.51. The molecule has 0 unspecified atom stereocenters. The number of hydrogen-bond donors (Lipinski definition) is 2. The number of hydrogen-bond acceptors (Lipinski definition) is 3. The van der Waals surface area contributed by atoms with Crippen LogP contribution in [0.15, 0.2) is 41.3 Å². The summed E-state index contributed by atoms with van der Waals surface area (Å²) in [5.74, 6) is 0.389. The molecular formula is C17H20N2OS. The molecule has 2 aromatic carbocycles. The number of aryl methyl sites for hydroxylation is 3. The van der Waals surface area contributed by atoms with Crippen molar-refractivity contribution in [2.45, 2.75) is 25.7 Å². The summed E-state index contributed by atoms with van der Waals surface area (Å²) in [7, 11) is 0. The molecule has 4 heteroatoms. The first-order valence-corrected chi connectivity index (χ1v) is 7.80. The van der Waals surface area contributed by atoms with Gasteiger partial charge in [-0.3, -0.25) is 4.79 Å². The van der Waals surface area contributed by atoms with E-state index in [2.05, 4.69) is 5.32 Å². The Balaban J connectivity index is 1.95. The van der Waals surface area contributed by atoms with E-state index in [0.29, 0.717) is 5.75 Å². The Kier molecular flexibility index (Phi) is 4.91. The maximum Gasteiger partial charge on any atom is 0.234 e. The van der Waals surface area contributed by atoms with Crippen LogP contribution in [0.25, 0.3) is 0 Å². The number of anilines is 2. The minimum absolute atomic E-state index is 0.00294. The van der Waals surface area contributed by atoms with Crippen LogP contribution in [0.2, 0.25) is 0 Å². The number of nitrogens with one attached hydrogen (secondary N) is 1. The summed E-state index contributed by atoms with van der Waals surface area (Å²) in [6, 6.07) is 11.9. The van der Waals surface area contributed by atoms with Gasteiger partial charge in [0.15, 0.2) is 0 Å². The second-order valence-electron chi connectivity index (χ2n) is 5.17. The molecule has 110 valence electrons. The number of nitrogens with two attached hydrogens (primary N) is 1. The summed E-state index contributed by atoms with van der Waals surface area (Å²) in [5.41, 5.74) is 10.7. The van der Waals surface area contributed by atoms with E-state index in [1.165, 1.54) is 11.8 Å². The molecule has 0 atom stereocenters. The Morgan fingerprint density at radius 1 is 1.10 bits per heavy atom. The number of carbonyl (C=O) groups excluding carboxylic acids is 1. The van der Waals surface area contributed by atoms with Crippen LogP contribution < -0.4 is 11.1 Å². The fourth-order valence-electron chi connectivity index (χ4n) is 1.94. The molecule has 2 aromatic rings. The van der Waals surface area contributed by atoms with E-state index >= 15 is 0 Å². The molecule has 0 heterocycles. The lowest BCUT2D eigenvalue weighted by molar-refractivity contribution is -0.113. The third-order valence-corrected chi connectivity index (χ3v) is 4.27. The molecule has 21 heavy (non-hydrogen) atoms. The van der Waals surface area contributed by atoms with Crippen LogP contribution in [0.1, 0.15) is 16.7 Å². The lowest BCUT2D eigenvalue weighted by atomic mass is 10.1. The number of rotatable bonds is 4. The molecule has 2 rings (SSSR count). The first kappa shape index (κ1) is 15.4. The summed E-state index contributed by atoms with van der Waals surface area (Å²) in [6.45, 7) is 5.97. The maximum absolute atomic E-state index is 12.0. The van der Waals surface area contributed by atoms with Crippen molar-refractivity contribution in [1.29, 1.82) is 0 Å². The molecule has 0 spiro atoms. The summed E-state index contributed by atoms with van der Waals surface area (Å²) < 4.78 is 0. The monoisotopic (exact) mass is 300 g/mol. The normalized spacial score (nSPS) is 10.4. The van der Waals surface area contributed by atoms with Crippen molar-refractivity contribution >= 4 is 29.0 Å². The molecule has 0 fully saturated rings. The highest BCUT2D eigenvalue weighted by Crippen LogP contribution is 2.23. The van der Waals surface area contributed by atoms with Gasteiger partial charge >= 0.3 is 0 Å². The Hall–Kier alpha value is -1.94. The Morgan fingerprint density at radius 3 is 2.57 bits per heavy atom. The van der Waals surface area contributed by atoms with Crippen molar-refractivity contribution in [2.24, 2.45) is 0 Å². The van der Waals surface area contributed by atoms with Gasteiger partial charge in [0.05, 0.1) is 5.75 Å². The number of amides is 1. The minimum atomic E-state index is 0.00294. The van der Waals surface area contributed by atoms with Crippen LogP contribution in [0.5, 0.6) is 0 Å². The third kappa shape index (κ3) is 4.26. The van der Waals surface area contributed by atoms with Crippen LogP contribution >= 0.6 is 11.8 Å². The molecule has 0 aliphatic rings. The average Bonchev–Trinajstić information content (AvgIpc) is 2.44. The van der Waals surface area contributed by atoms with Crippen molar-refractivity contribution in [3.63, 3.8) is 0 Å². The van der Waals surface area contributed by atoms with Crippen molar-refractivity contribution in [2.75, 3.05) is 16.8 Å². The highest BCUT2D eigenvalue weighted by Gasteiger charge is 2.06. The fourth-order valence-corrected chi connectivity index (χ4v) is 2.74. The van der Waals surface area contributed by atoms with Crippen LogP contribution in [0.3, 0.4) is 0 Å². The van der Waals surface area contributed by atoms with Gasteiger partial charge in [0, 0.05) is 16.3 Å². The fraction of sp³-hybridized carbons (Fsp3) is 0.235. The summed E-state index contributed by atoms with van der Waals surface area (Å²) in [5, 5.41) is 2.96. The van der Waals surface area contributed by atoms with E-state index in [0.717, 1.165) is 33.0 Å². The minimum Gasteiger partial charge on any atom is -0.399 e. The van der Waals surface area contributed by atoms with E-state index in [9.17, 15) is 4.79 Å². The Labute approximate surface area is 129 Å². The van der Waals surface area contributed by atoms with E-state index in [-0.39, 0.29) is 5.91 Å². The topological polar surface area (TPSA) is 55.1 Å². The first-order chi connectivity index (χ1) is 9.95. The van der Waals surface area contributed by atoms with Gasteiger partial charge in [0.1, 0.15) is 0 Å². The molecule has 1 amide bonds. The molecule has 0 aliphatic heterocycles. The van der Waals surface area contributed by atoms with Crippen LogP contribution in [-0.4, -0.2) is 11.7 Å². The first-order valence-electron chi connectivity index (χ1n) is 6.82. The highest BCUT2D eigenvalue weighted by atomic mass is 32.2. The van der Waals surface area contributed by atoms with Gasteiger partial charge in [0.2, 0.25) is 5.91 Å². The van der Waals surface area contributed by atoms with Gasteiger partial charge in [-0.2, -0.15) is 0 Å². The van der Waals surface area contributed by atoms with Crippen molar-refractivity contribution in [3.8, 4) is 0 Å². The number of thioether (sulfide) groups is 1. The smallest absolute Gasteiger partial charge is 0.234 e. The predicted molar refractivity (Wildman–Crippen MR) is 90.9 cm³/mol. The number of benzene rings is 2. The summed E-state index contributed by atoms with van der Waals surface area (Å²) in [4.78, 5) is 13.1. The summed E-state index contributed by atoms with van der Waals surface area (Å²) in [6.07, 6.45) is 0. The van der Waals surface area contributed by atoms with E-state index in [1.54, 1.807) is 0 Å². The van der Waals surface area contributed by atoms with Crippen LogP contribution in [0, 0.1) is 20.8 Å². The molecule has 0 aliphatic carbocycles. The third-order valence-electron chi connectivity index (χ3n) is 3.28. The number of carbonyl (C=O) groups is 1. The second-order valence-corrected chi connectivity index (χ2v) is 6.22. The van der Waals surface area contributed by atoms with E-state index < -0.39 is 0 Å². The zero-order valence-electron chi connectivity index (χ0n) is 12.6. The molecule has 3 nitrogen and oxygen atoms in total. The molecule has 0 saturated carbocycles. The molecule has 0 bridgehead atoms. The average molecular weight is 300 g/mol. The molecule has 0 radical (unpaired) electrons. The maximum atomic E-state index is 12.0. The van der Waals surface area contributed by atoms with Gasteiger partial charge in [0.25, 0.3) is 0 Å². The lowest BCUT2D eigenvalue weighted by Crippen LogP contribution is -2.14. The zero-order valence-corrected chi connectivity index (χ0v) is 13.4. The van der Waals surface area contributed by atoms with Crippen molar-refractivity contribution in [3.05, 3.63) is 53.1 Å². The zero-order chi connectivity index (χ0) is 15.4. The predicted octanol–water partition coefficient (Wildman–Crippen LogP) is 3.92. The standard InChI is InChI=1S/C17H20N2OS/c1-11-4-5-12(2)16(8-11)19-17(20)10-21-14-6-7-15(18)13(3)9-14/h4-9H,10,18H2,1-3H3,(H,19,20). The lowest BCUT2D eigenvalue weighted by Gasteiger charge is -2.09. The SMILES string of the molecule is Cc1ccc(C)c(NC(=O)CSc2ccc(N)c(C)c2)c1. The quantitative estimate of drug-likeness (QED) is 0.664. The van der Waals surface area contributed by atoms with E-state index in [4.69, 9.17) is 5.73 Å².